The number of alkyl halides is 2. The van der Waals surface area contributed by atoms with E-state index in [4.69, 9.17) is 4.52 Å². The molecule has 0 spiro atoms. The molecule has 0 N–H and O–H groups in total. The Hall–Kier alpha value is 0.210. The van der Waals surface area contributed by atoms with Gasteiger partial charge in [-0.05, 0) is 18.6 Å². The number of benzene rings is 1. The second kappa shape index (κ2) is 4.60. The van der Waals surface area contributed by atoms with Gasteiger partial charge in [0, 0.05) is 11.0 Å². The molecule has 1 aliphatic heterocycles. The fourth-order valence-electron chi connectivity index (χ4n) is 1.57. The van der Waals surface area contributed by atoms with Crippen molar-refractivity contribution in [3.63, 3.8) is 0 Å². The van der Waals surface area contributed by atoms with Gasteiger partial charge in [0.15, 0.2) is 0 Å². The van der Waals surface area contributed by atoms with Gasteiger partial charge in [-0.3, -0.25) is 4.57 Å². The molecule has 1 heterocycles. The van der Waals surface area contributed by atoms with Crippen molar-refractivity contribution in [2.45, 2.75) is 15.8 Å². The molecule has 1 saturated heterocycles. The molecule has 82 valence electrons. The first-order valence-electron chi connectivity index (χ1n) is 4.73. The molecular formula is C10H11Br2O2P. The lowest BCUT2D eigenvalue weighted by Gasteiger charge is -2.18. The minimum Gasteiger partial charge on any atom is -0.442 e. The number of rotatable bonds is 2. The Balaban J connectivity index is 2.16. The van der Waals surface area contributed by atoms with Crippen molar-refractivity contribution in [1.29, 1.82) is 0 Å². The molecule has 1 aromatic rings. The minimum absolute atomic E-state index is 0.0785. The van der Waals surface area contributed by atoms with Gasteiger partial charge in [0.1, 0.15) is 10.3 Å². The average molecular weight is 354 g/mol. The van der Waals surface area contributed by atoms with Gasteiger partial charge in [0.25, 0.3) is 7.37 Å². The van der Waals surface area contributed by atoms with Gasteiger partial charge in [-0.25, -0.2) is 0 Å². The van der Waals surface area contributed by atoms with Crippen LogP contribution < -0.4 is 4.52 Å². The maximum absolute atomic E-state index is 12.4. The Kier molecular flexibility index (Phi) is 3.59. The molecule has 0 radical (unpaired) electrons. The van der Waals surface area contributed by atoms with Crippen molar-refractivity contribution in [3.05, 3.63) is 30.3 Å². The molecule has 2 rings (SSSR count). The normalized spacial score (nSPS) is 35.3. The molecule has 0 amide bonds. The third-order valence-electron chi connectivity index (χ3n) is 2.39. The van der Waals surface area contributed by atoms with Crippen molar-refractivity contribution in [3.8, 4) is 5.75 Å². The molecule has 1 aromatic carbocycles. The second-order valence-electron chi connectivity index (χ2n) is 3.53. The van der Waals surface area contributed by atoms with E-state index in [1.54, 1.807) is 0 Å². The van der Waals surface area contributed by atoms with Crippen LogP contribution in [0.5, 0.6) is 5.75 Å². The second-order valence-corrected chi connectivity index (χ2v) is 9.04. The first-order chi connectivity index (χ1) is 7.12. The van der Waals surface area contributed by atoms with Gasteiger partial charge in [-0.15, -0.1) is 0 Å². The van der Waals surface area contributed by atoms with Crippen LogP contribution in [0.15, 0.2) is 30.3 Å². The molecule has 1 aliphatic rings. The van der Waals surface area contributed by atoms with E-state index >= 15 is 0 Å². The number of para-hydroxylation sites is 1. The molecule has 0 bridgehead atoms. The highest BCUT2D eigenvalue weighted by molar-refractivity contribution is 9.13. The van der Waals surface area contributed by atoms with Crippen molar-refractivity contribution >= 4 is 39.2 Å². The number of hydrogen-bond donors (Lipinski definition) is 0. The molecule has 3 atom stereocenters. The summed E-state index contributed by atoms with van der Waals surface area (Å²) in [5, 5.41) is 0. The smallest absolute Gasteiger partial charge is 0.262 e. The summed E-state index contributed by atoms with van der Waals surface area (Å²) in [6.45, 7) is 0. The molecule has 5 heteroatoms. The highest BCUT2D eigenvalue weighted by Crippen LogP contribution is 2.62. The molecule has 0 aliphatic carbocycles. The summed E-state index contributed by atoms with van der Waals surface area (Å²) < 4.78 is 18.0. The summed E-state index contributed by atoms with van der Waals surface area (Å²) in [6, 6.07) is 9.34. The quantitative estimate of drug-likeness (QED) is 0.587. The van der Waals surface area contributed by atoms with Gasteiger partial charge in [0.2, 0.25) is 0 Å². The predicted molar refractivity (Wildman–Crippen MR) is 69.6 cm³/mol. The third-order valence-corrected chi connectivity index (χ3v) is 9.52. The summed E-state index contributed by atoms with van der Waals surface area (Å²) in [4.78, 5) is 0.243. The lowest BCUT2D eigenvalue weighted by molar-refractivity contribution is 0.486. The van der Waals surface area contributed by atoms with Crippen molar-refractivity contribution in [2.24, 2.45) is 0 Å². The van der Waals surface area contributed by atoms with Crippen LogP contribution in [0.4, 0.5) is 0 Å². The van der Waals surface area contributed by atoms with Crippen LogP contribution in [0.3, 0.4) is 0 Å². The van der Waals surface area contributed by atoms with Gasteiger partial charge in [-0.1, -0.05) is 50.1 Å². The van der Waals surface area contributed by atoms with Crippen molar-refractivity contribution < 1.29 is 9.09 Å². The molecule has 0 aromatic heterocycles. The summed E-state index contributed by atoms with van der Waals surface area (Å²) >= 11 is 6.94. The highest BCUT2D eigenvalue weighted by atomic mass is 79.9. The van der Waals surface area contributed by atoms with E-state index in [0.29, 0.717) is 11.9 Å². The Morgan fingerprint density at radius 2 is 1.93 bits per heavy atom. The maximum Gasteiger partial charge on any atom is 0.262 e. The van der Waals surface area contributed by atoms with Crippen LogP contribution in [-0.2, 0) is 4.57 Å². The van der Waals surface area contributed by atoms with E-state index in [9.17, 15) is 4.57 Å². The van der Waals surface area contributed by atoms with E-state index in [0.717, 1.165) is 6.42 Å². The summed E-state index contributed by atoms with van der Waals surface area (Å²) in [7, 11) is -2.57. The van der Waals surface area contributed by atoms with Gasteiger partial charge in [0.05, 0.1) is 0 Å². The average Bonchev–Trinajstić information content (AvgIpc) is 2.48. The monoisotopic (exact) mass is 352 g/mol. The van der Waals surface area contributed by atoms with Crippen LogP contribution in [0.25, 0.3) is 0 Å². The summed E-state index contributed by atoms with van der Waals surface area (Å²) in [5.41, 5.74) is 0. The molecule has 0 saturated carbocycles. The minimum atomic E-state index is -2.57. The Labute approximate surface area is 106 Å². The van der Waals surface area contributed by atoms with Crippen molar-refractivity contribution in [2.75, 3.05) is 6.16 Å². The third kappa shape index (κ3) is 2.48. The van der Waals surface area contributed by atoms with Crippen LogP contribution in [0, 0.1) is 0 Å². The first-order valence-corrected chi connectivity index (χ1v) is 8.44. The largest absolute Gasteiger partial charge is 0.442 e. The lowest BCUT2D eigenvalue weighted by Crippen LogP contribution is -2.07. The van der Waals surface area contributed by atoms with Gasteiger partial charge < -0.3 is 4.52 Å². The fraction of sp³-hybridized carbons (Fsp3) is 0.400. The van der Waals surface area contributed by atoms with Gasteiger partial charge in [-0.2, -0.15) is 0 Å². The number of halogens is 2. The Bertz CT molecular complexity index is 382. The molecule has 1 fully saturated rings. The molecule has 2 nitrogen and oxygen atoms in total. The van der Waals surface area contributed by atoms with Crippen LogP contribution in [-0.4, -0.2) is 15.6 Å². The molecule has 3 unspecified atom stereocenters. The van der Waals surface area contributed by atoms with Crippen LogP contribution >= 0.6 is 39.2 Å². The van der Waals surface area contributed by atoms with Crippen LogP contribution in [0.1, 0.15) is 6.42 Å². The maximum atomic E-state index is 12.4. The zero-order valence-corrected chi connectivity index (χ0v) is 12.0. The fourth-order valence-corrected chi connectivity index (χ4v) is 6.56. The van der Waals surface area contributed by atoms with E-state index in [2.05, 4.69) is 31.9 Å². The topological polar surface area (TPSA) is 26.3 Å². The van der Waals surface area contributed by atoms with E-state index in [1.165, 1.54) is 0 Å². The van der Waals surface area contributed by atoms with Crippen molar-refractivity contribution in [1.82, 2.24) is 0 Å². The summed E-state index contributed by atoms with van der Waals surface area (Å²) in [5.74, 6) is 0.687. The van der Waals surface area contributed by atoms with E-state index in [-0.39, 0.29) is 9.40 Å². The molecular weight excluding hydrogens is 343 g/mol. The van der Waals surface area contributed by atoms with E-state index < -0.39 is 7.37 Å². The van der Waals surface area contributed by atoms with E-state index in [1.807, 2.05) is 30.3 Å². The zero-order chi connectivity index (χ0) is 10.9. The Morgan fingerprint density at radius 3 is 2.47 bits per heavy atom. The Morgan fingerprint density at radius 1 is 1.27 bits per heavy atom. The van der Waals surface area contributed by atoms with Gasteiger partial charge >= 0.3 is 0 Å². The standard InChI is InChI=1S/C10H11Br2O2P/c11-9-6-7-15(13,10(9)12)14-8-4-2-1-3-5-8/h1-5,9-10H,6-7H2. The predicted octanol–water partition coefficient (Wildman–Crippen LogP) is 4.23. The SMILES string of the molecule is O=P1(Oc2ccccc2)CCC(Br)C1Br. The summed E-state index contributed by atoms with van der Waals surface area (Å²) in [6.07, 6.45) is 1.52. The first kappa shape index (κ1) is 11.7. The zero-order valence-electron chi connectivity index (χ0n) is 7.98. The highest BCUT2D eigenvalue weighted by Gasteiger charge is 2.44. The molecule has 15 heavy (non-hydrogen) atoms. The number of hydrogen-bond acceptors (Lipinski definition) is 2. The lowest BCUT2D eigenvalue weighted by atomic mass is 10.3. The van der Waals surface area contributed by atoms with Crippen LogP contribution in [0.2, 0.25) is 0 Å².